The summed E-state index contributed by atoms with van der Waals surface area (Å²) < 4.78 is -1.95. The third-order valence-electron chi connectivity index (χ3n) is 1.42. The smallest absolute Gasteiger partial charge is 0.195 e. The Hall–Kier alpha value is 1.32. The second kappa shape index (κ2) is 3.47. The maximum absolute atomic E-state index is 9.77. The monoisotopic (exact) mass is 424 g/mol. The number of aliphatic hydroxyl groups is 2. The van der Waals surface area contributed by atoms with Crippen LogP contribution in [0.5, 0.6) is 0 Å². The van der Waals surface area contributed by atoms with Crippen LogP contribution in [-0.4, -0.2) is 19.2 Å². The molecule has 0 radical (unpaired) electrons. The molecule has 2 unspecified atom stereocenters. The summed E-state index contributed by atoms with van der Waals surface area (Å²) in [4.78, 5) is 0. The van der Waals surface area contributed by atoms with Crippen LogP contribution < -0.4 is 0 Å². The molecular formula is C6H4Br4O2. The summed E-state index contributed by atoms with van der Waals surface area (Å²) in [5.41, 5.74) is 0. The SMILES string of the molecule is OC1(Br)C=CC(Br)=C(Br)C1(O)Br. The van der Waals surface area contributed by atoms with Gasteiger partial charge in [0.15, 0.2) is 9.02 Å². The Bertz CT molecular complexity index is 267. The van der Waals surface area contributed by atoms with Crippen molar-refractivity contribution in [1.82, 2.24) is 0 Å². The molecule has 0 fully saturated rings. The fraction of sp³-hybridized carbons (Fsp3) is 0.333. The zero-order chi connectivity index (χ0) is 9.57. The maximum Gasteiger partial charge on any atom is 0.195 e. The first kappa shape index (κ1) is 11.4. The number of hydrogen-bond acceptors (Lipinski definition) is 2. The molecule has 0 saturated heterocycles. The van der Waals surface area contributed by atoms with Crippen molar-refractivity contribution in [2.75, 3.05) is 0 Å². The van der Waals surface area contributed by atoms with Gasteiger partial charge in [0, 0.05) is 4.48 Å². The molecule has 0 amide bonds. The van der Waals surface area contributed by atoms with E-state index >= 15 is 0 Å². The molecule has 0 aliphatic heterocycles. The molecule has 2 atom stereocenters. The van der Waals surface area contributed by atoms with Crippen molar-refractivity contribution in [3.63, 3.8) is 0 Å². The maximum atomic E-state index is 9.77. The van der Waals surface area contributed by atoms with Crippen LogP contribution >= 0.6 is 63.7 Å². The van der Waals surface area contributed by atoms with E-state index in [4.69, 9.17) is 0 Å². The van der Waals surface area contributed by atoms with E-state index in [-0.39, 0.29) is 0 Å². The highest BCUT2D eigenvalue weighted by Gasteiger charge is 2.49. The zero-order valence-electron chi connectivity index (χ0n) is 5.56. The van der Waals surface area contributed by atoms with Crippen molar-refractivity contribution in [3.8, 4) is 0 Å². The van der Waals surface area contributed by atoms with Gasteiger partial charge in [0.25, 0.3) is 0 Å². The average molecular weight is 428 g/mol. The van der Waals surface area contributed by atoms with E-state index in [1.807, 2.05) is 0 Å². The minimum absolute atomic E-state index is 0.428. The summed E-state index contributed by atoms with van der Waals surface area (Å²) in [5, 5.41) is 19.4. The van der Waals surface area contributed by atoms with Gasteiger partial charge in [-0.05, 0) is 59.9 Å². The van der Waals surface area contributed by atoms with Crippen molar-refractivity contribution in [1.29, 1.82) is 0 Å². The van der Waals surface area contributed by atoms with Crippen LogP contribution in [0.15, 0.2) is 21.1 Å². The Kier molecular flexibility index (Phi) is 3.30. The van der Waals surface area contributed by atoms with Crippen molar-refractivity contribution in [2.45, 2.75) is 9.02 Å². The number of halogens is 4. The van der Waals surface area contributed by atoms with Crippen LogP contribution in [0, 0.1) is 0 Å². The summed E-state index contributed by atoms with van der Waals surface area (Å²) >= 11 is 12.3. The first-order valence-electron chi connectivity index (χ1n) is 2.86. The highest BCUT2D eigenvalue weighted by molar-refractivity contribution is 9.16. The van der Waals surface area contributed by atoms with Gasteiger partial charge in [-0.15, -0.1) is 0 Å². The Labute approximate surface area is 103 Å². The van der Waals surface area contributed by atoms with Crippen molar-refractivity contribution < 1.29 is 10.2 Å². The van der Waals surface area contributed by atoms with Crippen molar-refractivity contribution >= 4 is 63.7 Å². The van der Waals surface area contributed by atoms with Crippen LogP contribution in [0.25, 0.3) is 0 Å². The van der Waals surface area contributed by atoms with E-state index in [1.54, 1.807) is 6.08 Å². The molecule has 0 aromatic carbocycles. The minimum atomic E-state index is -1.55. The lowest BCUT2D eigenvalue weighted by atomic mass is 10.1. The minimum Gasteiger partial charge on any atom is -0.371 e. The lowest BCUT2D eigenvalue weighted by molar-refractivity contribution is 0.0373. The largest absolute Gasteiger partial charge is 0.371 e. The molecular weight excluding hydrogens is 424 g/mol. The number of alkyl halides is 2. The molecule has 0 aromatic rings. The van der Waals surface area contributed by atoms with Gasteiger partial charge in [-0.3, -0.25) is 0 Å². The Morgan fingerprint density at radius 2 is 1.67 bits per heavy atom. The number of allylic oxidation sites excluding steroid dienone is 2. The average Bonchev–Trinajstić information content (AvgIpc) is 1.96. The number of hydrogen-bond donors (Lipinski definition) is 2. The second-order valence-corrected chi connectivity index (χ2v) is 6.29. The van der Waals surface area contributed by atoms with Crippen LogP contribution in [0.2, 0.25) is 0 Å². The van der Waals surface area contributed by atoms with E-state index in [0.717, 1.165) is 0 Å². The van der Waals surface area contributed by atoms with Crippen molar-refractivity contribution in [3.05, 3.63) is 21.1 Å². The second-order valence-electron chi connectivity index (χ2n) is 2.29. The molecule has 1 aliphatic rings. The van der Waals surface area contributed by atoms with Gasteiger partial charge in [-0.2, -0.15) is 0 Å². The standard InChI is InChI=1S/C6H4Br4O2/c7-3-1-2-5(9,11)6(10,12)4(3)8/h1-2,11-12H. The predicted octanol–water partition coefficient (Wildman–Crippen LogP) is 2.72. The van der Waals surface area contributed by atoms with E-state index in [0.29, 0.717) is 8.96 Å². The van der Waals surface area contributed by atoms with Gasteiger partial charge in [0.2, 0.25) is 0 Å². The molecule has 1 aliphatic carbocycles. The molecule has 12 heavy (non-hydrogen) atoms. The van der Waals surface area contributed by atoms with Gasteiger partial charge in [0.1, 0.15) is 0 Å². The van der Waals surface area contributed by atoms with Crippen LogP contribution in [0.4, 0.5) is 0 Å². The van der Waals surface area contributed by atoms with Gasteiger partial charge < -0.3 is 10.2 Å². The summed E-state index contributed by atoms with van der Waals surface area (Å²) in [5.74, 6) is 0. The highest BCUT2D eigenvalue weighted by atomic mass is 79.9. The fourth-order valence-electron chi connectivity index (χ4n) is 0.679. The van der Waals surface area contributed by atoms with Gasteiger partial charge in [0.05, 0.1) is 4.48 Å². The molecule has 0 bridgehead atoms. The van der Waals surface area contributed by atoms with E-state index in [2.05, 4.69) is 63.7 Å². The molecule has 2 nitrogen and oxygen atoms in total. The zero-order valence-corrected chi connectivity index (χ0v) is 11.9. The van der Waals surface area contributed by atoms with E-state index in [1.165, 1.54) is 6.08 Å². The van der Waals surface area contributed by atoms with Gasteiger partial charge in [-0.25, -0.2) is 0 Å². The summed E-state index contributed by atoms with van der Waals surface area (Å²) in [6, 6.07) is 0. The lowest BCUT2D eigenvalue weighted by Gasteiger charge is -2.35. The van der Waals surface area contributed by atoms with Gasteiger partial charge in [-0.1, -0.05) is 15.9 Å². The van der Waals surface area contributed by atoms with Crippen LogP contribution in [-0.2, 0) is 0 Å². The van der Waals surface area contributed by atoms with Gasteiger partial charge >= 0.3 is 0 Å². The summed E-state index contributed by atoms with van der Waals surface area (Å²) in [6.07, 6.45) is 3.06. The Morgan fingerprint density at radius 3 is 2.08 bits per heavy atom. The Balaban J connectivity index is 3.21. The molecule has 1 rings (SSSR count). The third-order valence-corrected chi connectivity index (χ3v) is 6.51. The molecule has 0 saturated carbocycles. The quantitative estimate of drug-likeness (QED) is 0.584. The molecule has 2 N–H and O–H groups in total. The van der Waals surface area contributed by atoms with Crippen LogP contribution in [0.3, 0.4) is 0 Å². The summed E-state index contributed by atoms with van der Waals surface area (Å²) in [6.45, 7) is 0. The van der Waals surface area contributed by atoms with E-state index in [9.17, 15) is 10.2 Å². The Morgan fingerprint density at radius 1 is 1.17 bits per heavy atom. The first-order valence-corrected chi connectivity index (χ1v) is 6.04. The summed E-state index contributed by atoms with van der Waals surface area (Å²) in [7, 11) is 0. The lowest BCUT2D eigenvalue weighted by Crippen LogP contribution is -2.45. The topological polar surface area (TPSA) is 40.5 Å². The first-order chi connectivity index (χ1) is 5.29. The van der Waals surface area contributed by atoms with Crippen LogP contribution in [0.1, 0.15) is 0 Å². The normalized spacial score (nSPS) is 42.2. The van der Waals surface area contributed by atoms with Crippen molar-refractivity contribution in [2.24, 2.45) is 0 Å². The third kappa shape index (κ3) is 1.74. The molecule has 6 heteroatoms. The number of rotatable bonds is 0. The van der Waals surface area contributed by atoms with E-state index < -0.39 is 9.02 Å². The molecule has 0 aromatic heterocycles. The fourth-order valence-corrected chi connectivity index (χ4v) is 2.74. The molecule has 0 heterocycles. The highest BCUT2D eigenvalue weighted by Crippen LogP contribution is 2.48. The molecule has 0 spiro atoms. The predicted molar refractivity (Wildman–Crippen MR) is 61.8 cm³/mol. The molecule has 68 valence electrons.